The van der Waals surface area contributed by atoms with Crippen LogP contribution in [0.4, 0.5) is 0 Å². The average molecular weight is 285 g/mol. The fraction of sp³-hybridized carbons (Fsp3) is 0.235. The second-order valence-corrected chi connectivity index (χ2v) is 5.84. The maximum absolute atomic E-state index is 11.8. The highest BCUT2D eigenvalue weighted by Gasteiger charge is 2.02. The molecule has 2 aromatic carbocycles. The minimum atomic E-state index is 0.0857. The zero-order valence-electron chi connectivity index (χ0n) is 11.6. The summed E-state index contributed by atoms with van der Waals surface area (Å²) in [7, 11) is 0. The topological polar surface area (TPSA) is 29.1 Å². The molecule has 0 fully saturated rings. The summed E-state index contributed by atoms with van der Waals surface area (Å²) in [5, 5.41) is 2.96. The highest BCUT2D eigenvalue weighted by Crippen LogP contribution is 2.15. The first-order valence-electron chi connectivity index (χ1n) is 6.74. The number of carbonyl (C=O) groups excluding carboxylic acids is 1. The van der Waals surface area contributed by atoms with Crippen molar-refractivity contribution >= 4 is 17.7 Å². The third-order valence-corrected chi connectivity index (χ3v) is 3.94. The Hall–Kier alpha value is -1.74. The number of nitrogens with one attached hydrogen (secondary N) is 1. The summed E-state index contributed by atoms with van der Waals surface area (Å²) in [6, 6.07) is 18.3. The van der Waals surface area contributed by atoms with E-state index in [9.17, 15) is 4.79 Å². The van der Waals surface area contributed by atoms with Gasteiger partial charge in [0.1, 0.15) is 0 Å². The molecule has 3 heteroatoms. The molecular formula is C17H19NOS. The van der Waals surface area contributed by atoms with Crippen molar-refractivity contribution in [3.8, 4) is 0 Å². The van der Waals surface area contributed by atoms with Gasteiger partial charge < -0.3 is 5.32 Å². The first-order chi connectivity index (χ1) is 9.74. The van der Waals surface area contributed by atoms with Crippen LogP contribution in [0.3, 0.4) is 0 Å². The molecule has 20 heavy (non-hydrogen) atoms. The first-order valence-corrected chi connectivity index (χ1v) is 7.73. The van der Waals surface area contributed by atoms with Crippen LogP contribution in [0.1, 0.15) is 11.1 Å². The van der Waals surface area contributed by atoms with Crippen LogP contribution >= 0.6 is 11.8 Å². The van der Waals surface area contributed by atoms with Gasteiger partial charge in [-0.1, -0.05) is 48.0 Å². The standard InChI is InChI=1S/C17H19NOS/c1-14-7-9-15(10-8-14)13-17(19)18-11-12-20-16-5-3-2-4-6-16/h2-10H,11-13H2,1H3,(H,18,19). The number of benzene rings is 2. The Bertz CT molecular complexity index is 537. The van der Waals surface area contributed by atoms with Gasteiger partial charge in [-0.15, -0.1) is 11.8 Å². The van der Waals surface area contributed by atoms with Gasteiger partial charge in [-0.25, -0.2) is 0 Å². The summed E-state index contributed by atoms with van der Waals surface area (Å²) in [5.41, 5.74) is 2.28. The van der Waals surface area contributed by atoms with Gasteiger partial charge in [0.25, 0.3) is 0 Å². The molecule has 0 radical (unpaired) electrons. The smallest absolute Gasteiger partial charge is 0.224 e. The second-order valence-electron chi connectivity index (χ2n) is 4.67. The van der Waals surface area contributed by atoms with E-state index in [1.807, 2.05) is 49.4 Å². The van der Waals surface area contributed by atoms with Crippen molar-refractivity contribution in [3.05, 3.63) is 65.7 Å². The number of hydrogen-bond acceptors (Lipinski definition) is 2. The highest BCUT2D eigenvalue weighted by molar-refractivity contribution is 7.99. The van der Waals surface area contributed by atoms with E-state index in [0.29, 0.717) is 13.0 Å². The molecule has 0 heterocycles. The third kappa shape index (κ3) is 5.10. The SMILES string of the molecule is Cc1ccc(CC(=O)NCCSc2ccccc2)cc1. The zero-order chi connectivity index (χ0) is 14.2. The van der Waals surface area contributed by atoms with E-state index in [1.54, 1.807) is 11.8 Å². The second kappa shape index (κ2) is 7.75. The molecule has 0 bridgehead atoms. The molecule has 0 aliphatic heterocycles. The molecule has 2 aromatic rings. The van der Waals surface area contributed by atoms with E-state index in [4.69, 9.17) is 0 Å². The van der Waals surface area contributed by atoms with Crippen LogP contribution in [0.15, 0.2) is 59.5 Å². The van der Waals surface area contributed by atoms with Crippen molar-refractivity contribution in [3.63, 3.8) is 0 Å². The van der Waals surface area contributed by atoms with E-state index < -0.39 is 0 Å². The van der Waals surface area contributed by atoms with Crippen LogP contribution in [0, 0.1) is 6.92 Å². The molecule has 0 unspecified atom stereocenters. The first kappa shape index (κ1) is 14.7. The molecule has 0 atom stereocenters. The lowest BCUT2D eigenvalue weighted by Gasteiger charge is -2.05. The molecule has 104 valence electrons. The van der Waals surface area contributed by atoms with Crippen molar-refractivity contribution < 1.29 is 4.79 Å². The van der Waals surface area contributed by atoms with Gasteiger partial charge in [0.05, 0.1) is 6.42 Å². The normalized spacial score (nSPS) is 10.2. The third-order valence-electron chi connectivity index (χ3n) is 2.92. The van der Waals surface area contributed by atoms with Crippen molar-refractivity contribution in [2.45, 2.75) is 18.2 Å². The van der Waals surface area contributed by atoms with Crippen LogP contribution in [-0.2, 0) is 11.2 Å². The lowest BCUT2D eigenvalue weighted by Crippen LogP contribution is -2.27. The van der Waals surface area contributed by atoms with E-state index in [0.717, 1.165) is 11.3 Å². The minimum Gasteiger partial charge on any atom is -0.355 e. The minimum absolute atomic E-state index is 0.0857. The predicted molar refractivity (Wildman–Crippen MR) is 85.1 cm³/mol. The Morgan fingerprint density at radius 3 is 2.45 bits per heavy atom. The number of aryl methyl sites for hydroxylation is 1. The molecule has 2 nitrogen and oxygen atoms in total. The maximum Gasteiger partial charge on any atom is 0.224 e. The van der Waals surface area contributed by atoms with Gasteiger partial charge >= 0.3 is 0 Å². The predicted octanol–water partition coefficient (Wildman–Crippen LogP) is 3.45. The van der Waals surface area contributed by atoms with Crippen molar-refractivity contribution in [1.82, 2.24) is 5.32 Å². The van der Waals surface area contributed by atoms with Crippen LogP contribution in [-0.4, -0.2) is 18.2 Å². The Kier molecular flexibility index (Phi) is 5.69. The summed E-state index contributed by atoms with van der Waals surface area (Å²) >= 11 is 1.76. The quantitative estimate of drug-likeness (QED) is 0.650. The Labute approximate surface area is 124 Å². The van der Waals surface area contributed by atoms with Crippen LogP contribution in [0.5, 0.6) is 0 Å². The Balaban J connectivity index is 1.66. The monoisotopic (exact) mass is 285 g/mol. The fourth-order valence-electron chi connectivity index (χ4n) is 1.83. The van der Waals surface area contributed by atoms with E-state index >= 15 is 0 Å². The van der Waals surface area contributed by atoms with Crippen LogP contribution in [0.2, 0.25) is 0 Å². The van der Waals surface area contributed by atoms with Crippen molar-refractivity contribution in [2.75, 3.05) is 12.3 Å². The summed E-state index contributed by atoms with van der Waals surface area (Å²) in [5.74, 6) is 0.978. The summed E-state index contributed by atoms with van der Waals surface area (Å²) in [6.45, 7) is 2.74. The lowest BCUT2D eigenvalue weighted by molar-refractivity contribution is -0.120. The number of rotatable bonds is 6. The van der Waals surface area contributed by atoms with Gasteiger partial charge in [-0.3, -0.25) is 4.79 Å². The van der Waals surface area contributed by atoms with Gasteiger partial charge in [0, 0.05) is 17.2 Å². The molecule has 0 aliphatic carbocycles. The summed E-state index contributed by atoms with van der Waals surface area (Å²) in [6.07, 6.45) is 0.455. The summed E-state index contributed by atoms with van der Waals surface area (Å²) < 4.78 is 0. The van der Waals surface area contributed by atoms with E-state index in [-0.39, 0.29) is 5.91 Å². The fourth-order valence-corrected chi connectivity index (χ4v) is 2.62. The lowest BCUT2D eigenvalue weighted by atomic mass is 10.1. The number of thioether (sulfide) groups is 1. The van der Waals surface area contributed by atoms with Gasteiger partial charge in [0.2, 0.25) is 5.91 Å². The van der Waals surface area contributed by atoms with Crippen molar-refractivity contribution in [2.24, 2.45) is 0 Å². The molecule has 0 saturated heterocycles. The van der Waals surface area contributed by atoms with Gasteiger partial charge in [-0.2, -0.15) is 0 Å². The summed E-state index contributed by atoms with van der Waals surface area (Å²) in [4.78, 5) is 13.0. The zero-order valence-corrected chi connectivity index (χ0v) is 12.5. The largest absolute Gasteiger partial charge is 0.355 e. The van der Waals surface area contributed by atoms with E-state index in [2.05, 4.69) is 17.4 Å². The van der Waals surface area contributed by atoms with Gasteiger partial charge in [-0.05, 0) is 24.6 Å². The average Bonchev–Trinajstić information content (AvgIpc) is 2.47. The molecule has 1 amide bonds. The molecule has 0 aromatic heterocycles. The van der Waals surface area contributed by atoms with Crippen molar-refractivity contribution in [1.29, 1.82) is 0 Å². The molecular weight excluding hydrogens is 266 g/mol. The Morgan fingerprint density at radius 1 is 1.05 bits per heavy atom. The Morgan fingerprint density at radius 2 is 1.75 bits per heavy atom. The molecule has 0 saturated carbocycles. The molecule has 1 N–H and O–H groups in total. The maximum atomic E-state index is 11.8. The van der Waals surface area contributed by atoms with Gasteiger partial charge in [0.15, 0.2) is 0 Å². The molecule has 0 aliphatic rings. The van der Waals surface area contributed by atoms with Crippen LogP contribution < -0.4 is 5.32 Å². The van der Waals surface area contributed by atoms with Crippen LogP contribution in [0.25, 0.3) is 0 Å². The molecule has 0 spiro atoms. The highest BCUT2D eigenvalue weighted by atomic mass is 32.2. The number of amides is 1. The number of hydrogen-bond donors (Lipinski definition) is 1. The van der Waals surface area contributed by atoms with E-state index in [1.165, 1.54) is 10.5 Å². The molecule has 2 rings (SSSR count). The number of carbonyl (C=O) groups is 1.